The zero-order valence-corrected chi connectivity index (χ0v) is 12.2. The Morgan fingerprint density at radius 3 is 3.05 bits per heavy atom. The normalized spacial score (nSPS) is 14.4. The Morgan fingerprint density at radius 1 is 1.57 bits per heavy atom. The maximum Gasteiger partial charge on any atom is 0.327 e. The van der Waals surface area contributed by atoms with Gasteiger partial charge in [0, 0.05) is 13.7 Å². The first-order valence-electron chi connectivity index (χ1n) is 6.09. The number of hydrogen-bond donors (Lipinski definition) is 3. The summed E-state index contributed by atoms with van der Waals surface area (Å²) in [5.74, 6) is -0.00411. The molecule has 2 heterocycles. The molecular formula is C10H16N5O5P. The van der Waals surface area contributed by atoms with Crippen LogP contribution in [0.4, 0.5) is 5.95 Å². The van der Waals surface area contributed by atoms with Gasteiger partial charge in [0.1, 0.15) is 6.73 Å². The zero-order valence-electron chi connectivity index (χ0n) is 11.4. The van der Waals surface area contributed by atoms with Gasteiger partial charge in [0.25, 0.3) is 5.56 Å². The van der Waals surface area contributed by atoms with Crippen molar-refractivity contribution in [2.45, 2.75) is 13.2 Å². The van der Waals surface area contributed by atoms with E-state index in [0.717, 1.165) is 0 Å². The highest BCUT2D eigenvalue weighted by Crippen LogP contribution is 2.40. The lowest BCUT2D eigenvalue weighted by atomic mass is 10.5. The van der Waals surface area contributed by atoms with Gasteiger partial charge in [0.05, 0.1) is 12.5 Å². The molecule has 0 aliphatic rings. The van der Waals surface area contributed by atoms with Crippen LogP contribution in [0.15, 0.2) is 11.1 Å². The van der Waals surface area contributed by atoms with E-state index < -0.39 is 13.2 Å². The molecule has 2 aromatic rings. The van der Waals surface area contributed by atoms with Crippen LogP contribution in [0.1, 0.15) is 6.42 Å². The summed E-state index contributed by atoms with van der Waals surface area (Å²) < 4.78 is 22.5. The number of nitrogens with zero attached hydrogens (tertiary/aromatic N) is 3. The smallest absolute Gasteiger partial charge is 0.327 e. The SMILES string of the molecule is COP(=O)(O)CCCOCn1cnc2c(=O)[nH]c(N)nc21. The number of nitrogens with one attached hydrogen (secondary N) is 1. The third kappa shape index (κ3) is 3.88. The molecule has 0 fully saturated rings. The molecule has 0 bridgehead atoms. The minimum Gasteiger partial charge on any atom is -0.369 e. The largest absolute Gasteiger partial charge is 0.369 e. The van der Waals surface area contributed by atoms with Crippen LogP contribution in [0.5, 0.6) is 0 Å². The van der Waals surface area contributed by atoms with Crippen LogP contribution in [0.3, 0.4) is 0 Å². The van der Waals surface area contributed by atoms with E-state index in [9.17, 15) is 14.3 Å². The summed E-state index contributed by atoms with van der Waals surface area (Å²) >= 11 is 0. The number of anilines is 1. The highest BCUT2D eigenvalue weighted by molar-refractivity contribution is 7.52. The van der Waals surface area contributed by atoms with Crippen LogP contribution >= 0.6 is 7.60 Å². The average Bonchev–Trinajstić information content (AvgIpc) is 2.82. The molecular weight excluding hydrogens is 301 g/mol. The molecule has 0 aliphatic heterocycles. The fraction of sp³-hybridized carbons (Fsp3) is 0.500. The van der Waals surface area contributed by atoms with E-state index >= 15 is 0 Å². The molecule has 0 saturated carbocycles. The fourth-order valence-corrected chi connectivity index (χ4v) is 2.40. The molecule has 4 N–H and O–H groups in total. The monoisotopic (exact) mass is 317 g/mol. The minimum atomic E-state index is -3.50. The van der Waals surface area contributed by atoms with Crippen LogP contribution in [0.2, 0.25) is 0 Å². The Balaban J connectivity index is 1.93. The van der Waals surface area contributed by atoms with Gasteiger partial charge in [0.15, 0.2) is 11.2 Å². The number of nitrogens with two attached hydrogens (primary N) is 1. The zero-order chi connectivity index (χ0) is 15.5. The van der Waals surface area contributed by atoms with Gasteiger partial charge in [-0.25, -0.2) is 4.98 Å². The van der Waals surface area contributed by atoms with Gasteiger partial charge >= 0.3 is 7.60 Å². The van der Waals surface area contributed by atoms with Crippen LogP contribution in [0.25, 0.3) is 11.2 Å². The first-order valence-corrected chi connectivity index (χ1v) is 7.85. The van der Waals surface area contributed by atoms with Gasteiger partial charge in [-0.1, -0.05) is 0 Å². The van der Waals surface area contributed by atoms with Crippen LogP contribution in [0, 0.1) is 0 Å². The van der Waals surface area contributed by atoms with Gasteiger partial charge in [-0.05, 0) is 6.42 Å². The number of aromatic nitrogens is 4. The summed E-state index contributed by atoms with van der Waals surface area (Å²) in [7, 11) is -2.31. The Bertz CT molecular complexity index is 726. The summed E-state index contributed by atoms with van der Waals surface area (Å²) in [5, 5.41) is 0. The topological polar surface area (TPSA) is 145 Å². The molecule has 2 aromatic heterocycles. The van der Waals surface area contributed by atoms with Crippen molar-refractivity contribution in [3.8, 4) is 0 Å². The van der Waals surface area contributed by atoms with Crippen molar-refractivity contribution in [2.24, 2.45) is 0 Å². The number of fused-ring (bicyclic) bond motifs is 1. The highest BCUT2D eigenvalue weighted by atomic mass is 31.2. The molecule has 10 nitrogen and oxygen atoms in total. The van der Waals surface area contributed by atoms with Gasteiger partial charge in [-0.3, -0.25) is 18.9 Å². The molecule has 116 valence electrons. The van der Waals surface area contributed by atoms with Crippen molar-refractivity contribution in [3.05, 3.63) is 16.7 Å². The Labute approximate surface area is 119 Å². The first-order chi connectivity index (χ1) is 9.93. The molecule has 0 aliphatic carbocycles. The molecule has 0 radical (unpaired) electrons. The lowest BCUT2D eigenvalue weighted by Crippen LogP contribution is -2.13. The lowest BCUT2D eigenvalue weighted by molar-refractivity contribution is 0.0793. The molecule has 1 unspecified atom stereocenters. The summed E-state index contributed by atoms with van der Waals surface area (Å²) in [5.41, 5.74) is 5.55. The summed E-state index contributed by atoms with van der Waals surface area (Å²) in [6.45, 7) is 0.362. The van der Waals surface area contributed by atoms with E-state index in [-0.39, 0.29) is 31.0 Å². The van der Waals surface area contributed by atoms with E-state index in [0.29, 0.717) is 12.1 Å². The summed E-state index contributed by atoms with van der Waals surface area (Å²) in [6.07, 6.45) is 1.79. The van der Waals surface area contributed by atoms with Crippen LogP contribution in [-0.2, 0) is 20.6 Å². The quantitative estimate of drug-likeness (QED) is 0.474. The van der Waals surface area contributed by atoms with E-state index in [1.807, 2.05) is 0 Å². The molecule has 0 amide bonds. The molecule has 0 spiro atoms. The Kier molecular flexibility index (Phi) is 4.73. The van der Waals surface area contributed by atoms with Crippen molar-refractivity contribution in [3.63, 3.8) is 0 Å². The van der Waals surface area contributed by atoms with Crippen LogP contribution in [-0.4, -0.2) is 44.3 Å². The standard InChI is InChI=1S/C10H16N5O5P/c1-19-21(17,18)4-2-3-20-6-15-5-12-7-8(15)13-10(11)14-9(7)16/h5H,2-4,6H2,1H3,(H,17,18)(H3,11,13,14,16). The highest BCUT2D eigenvalue weighted by Gasteiger charge is 2.15. The van der Waals surface area contributed by atoms with Crippen molar-refractivity contribution >= 4 is 24.7 Å². The van der Waals surface area contributed by atoms with Gasteiger partial charge < -0.3 is 19.9 Å². The second-order valence-corrected chi connectivity index (χ2v) is 6.36. The number of rotatable bonds is 7. The summed E-state index contributed by atoms with van der Waals surface area (Å²) in [4.78, 5) is 31.0. The third-order valence-electron chi connectivity index (χ3n) is 2.74. The van der Waals surface area contributed by atoms with Crippen molar-refractivity contribution in [1.29, 1.82) is 0 Å². The number of hydrogen-bond acceptors (Lipinski definition) is 7. The number of imidazole rings is 1. The van der Waals surface area contributed by atoms with Gasteiger partial charge in [0.2, 0.25) is 5.95 Å². The Morgan fingerprint density at radius 2 is 2.33 bits per heavy atom. The molecule has 11 heteroatoms. The maximum absolute atomic E-state index is 11.6. The molecule has 1 atom stereocenters. The second-order valence-electron chi connectivity index (χ2n) is 4.27. The fourth-order valence-electron chi connectivity index (χ4n) is 1.69. The predicted octanol–water partition coefficient (Wildman–Crippen LogP) is -0.102. The van der Waals surface area contributed by atoms with Crippen LogP contribution < -0.4 is 11.3 Å². The van der Waals surface area contributed by atoms with E-state index in [2.05, 4.69) is 19.5 Å². The minimum absolute atomic E-state index is 0.00411. The predicted molar refractivity (Wildman–Crippen MR) is 74.8 cm³/mol. The second kappa shape index (κ2) is 6.35. The van der Waals surface area contributed by atoms with Crippen molar-refractivity contribution in [1.82, 2.24) is 19.5 Å². The average molecular weight is 317 g/mol. The summed E-state index contributed by atoms with van der Waals surface area (Å²) in [6, 6.07) is 0. The van der Waals surface area contributed by atoms with E-state index in [1.54, 1.807) is 0 Å². The number of nitrogen functional groups attached to an aromatic ring is 1. The molecule has 21 heavy (non-hydrogen) atoms. The first kappa shape index (κ1) is 15.6. The maximum atomic E-state index is 11.6. The van der Waals surface area contributed by atoms with Gasteiger partial charge in [-0.2, -0.15) is 4.98 Å². The van der Waals surface area contributed by atoms with Crippen molar-refractivity contribution < 1.29 is 18.7 Å². The number of ether oxygens (including phenoxy) is 1. The van der Waals surface area contributed by atoms with E-state index in [1.165, 1.54) is 18.0 Å². The molecule has 0 aromatic carbocycles. The number of aromatic amines is 1. The Hall–Kier alpha value is -1.74. The molecule has 0 saturated heterocycles. The number of H-pyrrole nitrogens is 1. The van der Waals surface area contributed by atoms with E-state index in [4.69, 9.17) is 10.5 Å². The van der Waals surface area contributed by atoms with Crippen molar-refractivity contribution in [2.75, 3.05) is 25.6 Å². The molecule has 2 rings (SSSR count). The lowest BCUT2D eigenvalue weighted by Gasteiger charge is -2.09. The third-order valence-corrected chi connectivity index (χ3v) is 4.19. The van der Waals surface area contributed by atoms with Gasteiger partial charge in [-0.15, -0.1) is 0 Å².